The van der Waals surface area contributed by atoms with E-state index < -0.39 is 0 Å². The van der Waals surface area contributed by atoms with Crippen molar-refractivity contribution in [2.75, 3.05) is 0 Å². The Kier molecular flexibility index (Phi) is 3.68. The maximum absolute atomic E-state index is 11.7. The number of hydrogen-bond donors (Lipinski definition) is 0. The minimum absolute atomic E-state index is 0.120. The molecule has 84 valence electrons. The van der Waals surface area contributed by atoms with Crippen LogP contribution < -0.4 is 0 Å². The third-order valence-corrected chi connectivity index (χ3v) is 2.43. The molecule has 0 saturated carbocycles. The van der Waals surface area contributed by atoms with Crippen LogP contribution in [0, 0.1) is 0 Å². The number of rotatable bonds is 3. The van der Waals surface area contributed by atoms with Gasteiger partial charge in [0.05, 0.1) is 0 Å². The lowest BCUT2D eigenvalue weighted by Crippen LogP contribution is -1.96. The van der Waals surface area contributed by atoms with Gasteiger partial charge in [0.2, 0.25) is 5.78 Å². The van der Waals surface area contributed by atoms with E-state index in [1.807, 2.05) is 12.1 Å². The van der Waals surface area contributed by atoms with Gasteiger partial charge >= 0.3 is 0 Å². The van der Waals surface area contributed by atoms with Crippen molar-refractivity contribution in [2.24, 2.45) is 0 Å². The van der Waals surface area contributed by atoms with Crippen LogP contribution in [0.4, 0.5) is 0 Å². The van der Waals surface area contributed by atoms with Crippen LogP contribution in [0.2, 0.25) is 5.02 Å². The third kappa shape index (κ3) is 3.26. The number of nitrogens with zero attached hydrogens (tertiary/aromatic N) is 1. The Morgan fingerprint density at radius 2 is 2.06 bits per heavy atom. The highest BCUT2D eigenvalue weighted by atomic mass is 35.5. The number of benzene rings is 1. The SMILES string of the molecule is O=C(/C=C/c1cccc(Cl)c1)c1ccccn1. The Hall–Kier alpha value is -1.93. The van der Waals surface area contributed by atoms with Gasteiger partial charge in [0, 0.05) is 11.2 Å². The molecule has 0 spiro atoms. The largest absolute Gasteiger partial charge is 0.288 e. The Labute approximate surface area is 105 Å². The van der Waals surface area contributed by atoms with E-state index in [1.54, 1.807) is 42.6 Å². The molecule has 0 radical (unpaired) electrons. The van der Waals surface area contributed by atoms with Crippen LogP contribution in [0.1, 0.15) is 16.1 Å². The highest BCUT2D eigenvalue weighted by Crippen LogP contribution is 2.12. The molecule has 3 heteroatoms. The van der Waals surface area contributed by atoms with Gasteiger partial charge in [-0.1, -0.05) is 35.9 Å². The smallest absolute Gasteiger partial charge is 0.204 e. The molecule has 0 unspecified atom stereocenters. The fourth-order valence-electron chi connectivity index (χ4n) is 1.38. The van der Waals surface area contributed by atoms with Crippen molar-refractivity contribution in [1.82, 2.24) is 4.98 Å². The Morgan fingerprint density at radius 1 is 1.18 bits per heavy atom. The molecule has 0 aliphatic carbocycles. The van der Waals surface area contributed by atoms with Gasteiger partial charge in [-0.3, -0.25) is 9.78 Å². The summed E-state index contributed by atoms with van der Waals surface area (Å²) in [6.45, 7) is 0. The number of aromatic nitrogens is 1. The van der Waals surface area contributed by atoms with Gasteiger partial charge in [-0.15, -0.1) is 0 Å². The topological polar surface area (TPSA) is 30.0 Å². The molecule has 1 aromatic heterocycles. The summed E-state index contributed by atoms with van der Waals surface area (Å²) in [7, 11) is 0. The standard InChI is InChI=1S/C14H10ClNO/c15-12-5-3-4-11(10-12)7-8-14(17)13-6-1-2-9-16-13/h1-10H/b8-7+. The number of carbonyl (C=O) groups is 1. The summed E-state index contributed by atoms with van der Waals surface area (Å²) in [5.74, 6) is -0.120. The average molecular weight is 244 g/mol. The predicted octanol–water partition coefficient (Wildman–Crippen LogP) is 3.63. The lowest BCUT2D eigenvalue weighted by atomic mass is 10.1. The fraction of sp³-hybridized carbons (Fsp3) is 0. The Bertz CT molecular complexity index is 549. The lowest BCUT2D eigenvalue weighted by molar-refractivity contribution is 0.104. The number of allylic oxidation sites excluding steroid dienone is 1. The number of ketones is 1. The summed E-state index contributed by atoms with van der Waals surface area (Å²) in [6, 6.07) is 12.6. The number of halogens is 1. The first kappa shape index (κ1) is 11.6. The van der Waals surface area contributed by atoms with Crippen molar-refractivity contribution in [3.05, 3.63) is 71.0 Å². The van der Waals surface area contributed by atoms with Gasteiger partial charge in [0.15, 0.2) is 0 Å². The molecule has 0 amide bonds. The maximum atomic E-state index is 11.7. The van der Waals surface area contributed by atoms with Crippen LogP contribution in [-0.2, 0) is 0 Å². The molecule has 17 heavy (non-hydrogen) atoms. The lowest BCUT2D eigenvalue weighted by Gasteiger charge is -1.95. The number of hydrogen-bond acceptors (Lipinski definition) is 2. The van der Waals surface area contributed by atoms with E-state index >= 15 is 0 Å². The van der Waals surface area contributed by atoms with Crippen LogP contribution in [-0.4, -0.2) is 10.8 Å². The van der Waals surface area contributed by atoms with Crippen LogP contribution in [0.3, 0.4) is 0 Å². The molecule has 1 heterocycles. The normalized spacial score (nSPS) is 10.6. The van der Waals surface area contributed by atoms with Crippen LogP contribution >= 0.6 is 11.6 Å². The maximum Gasteiger partial charge on any atom is 0.204 e. The molecular formula is C14H10ClNO. The first-order valence-corrected chi connectivity index (χ1v) is 5.52. The van der Waals surface area contributed by atoms with Gasteiger partial charge in [-0.2, -0.15) is 0 Å². The molecule has 2 nitrogen and oxygen atoms in total. The van der Waals surface area contributed by atoms with Gasteiger partial charge in [0.25, 0.3) is 0 Å². The minimum atomic E-state index is -0.120. The van der Waals surface area contributed by atoms with Crippen molar-refractivity contribution in [3.8, 4) is 0 Å². The molecule has 0 aliphatic heterocycles. The van der Waals surface area contributed by atoms with Gasteiger partial charge < -0.3 is 0 Å². The van der Waals surface area contributed by atoms with Gasteiger partial charge in [0.1, 0.15) is 5.69 Å². The molecule has 2 aromatic rings. The van der Waals surface area contributed by atoms with E-state index in [-0.39, 0.29) is 5.78 Å². The van der Waals surface area contributed by atoms with E-state index in [4.69, 9.17) is 11.6 Å². The summed E-state index contributed by atoms with van der Waals surface area (Å²) in [5.41, 5.74) is 1.33. The highest BCUT2D eigenvalue weighted by Gasteiger charge is 2.00. The van der Waals surface area contributed by atoms with Crippen LogP contribution in [0.25, 0.3) is 6.08 Å². The molecule has 0 aliphatic rings. The summed E-state index contributed by atoms with van der Waals surface area (Å²) in [4.78, 5) is 15.7. The Morgan fingerprint density at radius 3 is 2.76 bits per heavy atom. The second-order valence-electron chi connectivity index (χ2n) is 3.47. The third-order valence-electron chi connectivity index (χ3n) is 2.19. The zero-order chi connectivity index (χ0) is 12.1. The molecule has 0 bridgehead atoms. The zero-order valence-electron chi connectivity index (χ0n) is 9.01. The summed E-state index contributed by atoms with van der Waals surface area (Å²) in [5, 5.41) is 0.650. The first-order chi connectivity index (χ1) is 8.25. The molecule has 0 fully saturated rings. The molecule has 1 aromatic carbocycles. The molecule has 0 saturated heterocycles. The molecule has 0 atom stereocenters. The highest BCUT2D eigenvalue weighted by molar-refractivity contribution is 6.30. The van der Waals surface area contributed by atoms with Crippen molar-refractivity contribution < 1.29 is 4.79 Å². The minimum Gasteiger partial charge on any atom is -0.288 e. The van der Waals surface area contributed by atoms with E-state index in [0.29, 0.717) is 10.7 Å². The van der Waals surface area contributed by atoms with Gasteiger partial charge in [-0.25, -0.2) is 0 Å². The monoisotopic (exact) mass is 243 g/mol. The average Bonchev–Trinajstić information content (AvgIpc) is 2.37. The quantitative estimate of drug-likeness (QED) is 0.609. The van der Waals surface area contributed by atoms with Crippen molar-refractivity contribution >= 4 is 23.5 Å². The second-order valence-corrected chi connectivity index (χ2v) is 3.90. The number of pyridine rings is 1. The van der Waals surface area contributed by atoms with E-state index in [9.17, 15) is 4.79 Å². The van der Waals surface area contributed by atoms with E-state index in [2.05, 4.69) is 4.98 Å². The molecular weight excluding hydrogens is 234 g/mol. The Balaban J connectivity index is 2.14. The van der Waals surface area contributed by atoms with Crippen LogP contribution in [0.5, 0.6) is 0 Å². The second kappa shape index (κ2) is 5.41. The van der Waals surface area contributed by atoms with Crippen molar-refractivity contribution in [2.45, 2.75) is 0 Å². The zero-order valence-corrected chi connectivity index (χ0v) is 9.76. The predicted molar refractivity (Wildman–Crippen MR) is 69.1 cm³/mol. The summed E-state index contributed by atoms with van der Waals surface area (Å²) in [6.07, 6.45) is 4.82. The van der Waals surface area contributed by atoms with Crippen LogP contribution in [0.15, 0.2) is 54.7 Å². The first-order valence-electron chi connectivity index (χ1n) is 5.15. The van der Waals surface area contributed by atoms with E-state index in [0.717, 1.165) is 5.56 Å². The van der Waals surface area contributed by atoms with Crippen molar-refractivity contribution in [3.63, 3.8) is 0 Å². The van der Waals surface area contributed by atoms with E-state index in [1.165, 1.54) is 6.08 Å². The summed E-state index contributed by atoms with van der Waals surface area (Å²) >= 11 is 5.85. The van der Waals surface area contributed by atoms with Gasteiger partial charge in [-0.05, 0) is 35.9 Å². The number of carbonyl (C=O) groups excluding carboxylic acids is 1. The summed E-state index contributed by atoms with van der Waals surface area (Å²) < 4.78 is 0. The fourth-order valence-corrected chi connectivity index (χ4v) is 1.57. The molecule has 0 N–H and O–H groups in total. The molecule has 2 rings (SSSR count). The van der Waals surface area contributed by atoms with Crippen molar-refractivity contribution in [1.29, 1.82) is 0 Å².